The van der Waals surface area contributed by atoms with Crippen molar-refractivity contribution < 1.29 is 22.4 Å². The summed E-state index contributed by atoms with van der Waals surface area (Å²) in [4.78, 5) is 11.9. The molecule has 0 aliphatic heterocycles. The second-order valence-corrected chi connectivity index (χ2v) is 4.39. The van der Waals surface area contributed by atoms with E-state index in [1.165, 1.54) is 13.0 Å². The summed E-state index contributed by atoms with van der Waals surface area (Å²) in [5.41, 5.74) is -0.444. The summed E-state index contributed by atoms with van der Waals surface area (Å²) in [6.07, 6.45) is -0.467. The number of aryl methyl sites for hydroxylation is 1. The molecule has 0 aliphatic carbocycles. The molecule has 1 nitrogen and oxygen atoms in total. The number of Topliss-reactive ketones (excluding diaryl/α,β-unsaturated/α-hetero) is 1. The molecule has 0 unspecified atom stereocenters. The summed E-state index contributed by atoms with van der Waals surface area (Å²) in [6, 6.07) is 5.15. The molecule has 2 rings (SSSR count). The van der Waals surface area contributed by atoms with Crippen molar-refractivity contribution in [3.05, 3.63) is 70.3 Å². The quantitative estimate of drug-likeness (QED) is 0.615. The van der Waals surface area contributed by atoms with E-state index in [-0.39, 0.29) is 11.1 Å². The maximum atomic E-state index is 13.6. The number of ketones is 1. The van der Waals surface area contributed by atoms with Gasteiger partial charge in [-0.05, 0) is 30.2 Å². The average Bonchev–Trinajstić information content (AvgIpc) is 2.39. The van der Waals surface area contributed by atoms with Crippen LogP contribution in [0.25, 0.3) is 0 Å². The van der Waals surface area contributed by atoms with E-state index in [9.17, 15) is 22.4 Å². The first kappa shape index (κ1) is 14.2. The highest BCUT2D eigenvalue weighted by Gasteiger charge is 2.18. The Morgan fingerprint density at radius 1 is 1.00 bits per heavy atom. The fraction of sp³-hybridized carbons (Fsp3) is 0.133. The highest BCUT2D eigenvalue weighted by atomic mass is 19.2. The summed E-state index contributed by atoms with van der Waals surface area (Å²) in [5.74, 6) is -4.79. The second kappa shape index (κ2) is 5.45. The average molecular weight is 282 g/mol. The van der Waals surface area contributed by atoms with Gasteiger partial charge in [-0.3, -0.25) is 4.79 Å². The lowest BCUT2D eigenvalue weighted by Gasteiger charge is -2.06. The Bertz CT molecular complexity index is 680. The Morgan fingerprint density at radius 3 is 2.35 bits per heavy atom. The summed E-state index contributed by atoms with van der Waals surface area (Å²) in [6.45, 7) is 1.37. The first-order valence-corrected chi connectivity index (χ1v) is 5.82. The SMILES string of the molecule is Cc1ccc(C(=O)Cc2ccc(F)cc2F)c(F)c1F. The van der Waals surface area contributed by atoms with E-state index in [0.29, 0.717) is 6.07 Å². The molecule has 0 aliphatic rings. The third-order valence-corrected chi connectivity index (χ3v) is 2.94. The van der Waals surface area contributed by atoms with Crippen molar-refractivity contribution >= 4 is 5.78 Å². The molecule has 0 atom stereocenters. The molecule has 20 heavy (non-hydrogen) atoms. The molecule has 2 aromatic rings. The molecule has 0 saturated heterocycles. The van der Waals surface area contributed by atoms with Gasteiger partial charge in [-0.25, -0.2) is 17.6 Å². The van der Waals surface area contributed by atoms with Gasteiger partial charge in [0.25, 0.3) is 0 Å². The topological polar surface area (TPSA) is 17.1 Å². The van der Waals surface area contributed by atoms with Crippen LogP contribution in [-0.2, 0) is 6.42 Å². The van der Waals surface area contributed by atoms with Crippen LogP contribution in [0.2, 0.25) is 0 Å². The van der Waals surface area contributed by atoms with Gasteiger partial charge in [0, 0.05) is 12.5 Å². The van der Waals surface area contributed by atoms with Crippen LogP contribution in [0.1, 0.15) is 21.5 Å². The van der Waals surface area contributed by atoms with Gasteiger partial charge in [-0.1, -0.05) is 12.1 Å². The molecule has 0 saturated carbocycles. The van der Waals surface area contributed by atoms with Gasteiger partial charge in [-0.2, -0.15) is 0 Å². The lowest BCUT2D eigenvalue weighted by atomic mass is 10.0. The van der Waals surface area contributed by atoms with Gasteiger partial charge < -0.3 is 0 Å². The molecular weight excluding hydrogens is 272 g/mol. The maximum Gasteiger partial charge on any atom is 0.170 e. The number of rotatable bonds is 3. The highest BCUT2D eigenvalue weighted by Crippen LogP contribution is 2.19. The Kier molecular flexibility index (Phi) is 3.88. The summed E-state index contributed by atoms with van der Waals surface area (Å²) in [5, 5.41) is 0. The van der Waals surface area contributed by atoms with Crippen LogP contribution in [0.4, 0.5) is 17.6 Å². The molecule has 0 bridgehead atoms. The summed E-state index contributed by atoms with van der Waals surface area (Å²) < 4.78 is 53.1. The maximum absolute atomic E-state index is 13.6. The van der Waals surface area contributed by atoms with Gasteiger partial charge in [-0.15, -0.1) is 0 Å². The fourth-order valence-electron chi connectivity index (χ4n) is 1.79. The smallest absolute Gasteiger partial charge is 0.170 e. The number of benzene rings is 2. The zero-order valence-corrected chi connectivity index (χ0v) is 10.5. The molecule has 2 aromatic carbocycles. The molecule has 0 heterocycles. The van der Waals surface area contributed by atoms with Gasteiger partial charge in [0.2, 0.25) is 0 Å². The Morgan fingerprint density at radius 2 is 1.70 bits per heavy atom. The molecule has 0 fully saturated rings. The minimum absolute atomic E-state index is 0.0724. The second-order valence-electron chi connectivity index (χ2n) is 4.39. The zero-order chi connectivity index (χ0) is 14.9. The minimum Gasteiger partial charge on any atom is -0.294 e. The predicted octanol–water partition coefficient (Wildman–Crippen LogP) is 3.98. The molecule has 0 radical (unpaired) electrons. The molecule has 104 valence electrons. The van der Waals surface area contributed by atoms with Crippen LogP contribution < -0.4 is 0 Å². The van der Waals surface area contributed by atoms with Crippen molar-refractivity contribution in [3.8, 4) is 0 Å². The van der Waals surface area contributed by atoms with Crippen molar-refractivity contribution in [1.82, 2.24) is 0 Å². The molecule has 0 amide bonds. The third-order valence-electron chi connectivity index (χ3n) is 2.94. The van der Waals surface area contributed by atoms with Crippen LogP contribution in [0, 0.1) is 30.2 Å². The Labute approximate surface area is 112 Å². The molecular formula is C15H10F4O. The van der Waals surface area contributed by atoms with Crippen LogP contribution in [0.15, 0.2) is 30.3 Å². The first-order valence-electron chi connectivity index (χ1n) is 5.82. The van der Waals surface area contributed by atoms with E-state index < -0.39 is 41.0 Å². The van der Waals surface area contributed by atoms with Crippen molar-refractivity contribution in [2.75, 3.05) is 0 Å². The van der Waals surface area contributed by atoms with Crippen molar-refractivity contribution in [3.63, 3.8) is 0 Å². The van der Waals surface area contributed by atoms with E-state index >= 15 is 0 Å². The van der Waals surface area contributed by atoms with E-state index in [4.69, 9.17) is 0 Å². The Balaban J connectivity index is 2.31. The molecule has 5 heteroatoms. The largest absolute Gasteiger partial charge is 0.294 e. The monoisotopic (exact) mass is 282 g/mol. The summed E-state index contributed by atoms with van der Waals surface area (Å²) in [7, 11) is 0. The van der Waals surface area contributed by atoms with Gasteiger partial charge >= 0.3 is 0 Å². The van der Waals surface area contributed by atoms with E-state index in [2.05, 4.69) is 0 Å². The lowest BCUT2D eigenvalue weighted by molar-refractivity contribution is 0.0987. The predicted molar refractivity (Wildman–Crippen MR) is 65.5 cm³/mol. The van der Waals surface area contributed by atoms with E-state index in [0.717, 1.165) is 18.2 Å². The Hall–Kier alpha value is -2.17. The lowest BCUT2D eigenvalue weighted by Crippen LogP contribution is -2.09. The van der Waals surface area contributed by atoms with Crippen LogP contribution in [-0.4, -0.2) is 5.78 Å². The highest BCUT2D eigenvalue weighted by molar-refractivity contribution is 5.97. The number of carbonyl (C=O) groups is 1. The molecule has 0 aromatic heterocycles. The van der Waals surface area contributed by atoms with E-state index in [1.54, 1.807) is 0 Å². The number of halogens is 4. The first-order chi connectivity index (χ1) is 9.40. The van der Waals surface area contributed by atoms with Gasteiger partial charge in [0.1, 0.15) is 11.6 Å². The number of carbonyl (C=O) groups excluding carboxylic acids is 1. The zero-order valence-electron chi connectivity index (χ0n) is 10.5. The van der Waals surface area contributed by atoms with Crippen LogP contribution in [0.3, 0.4) is 0 Å². The van der Waals surface area contributed by atoms with Crippen molar-refractivity contribution in [1.29, 1.82) is 0 Å². The van der Waals surface area contributed by atoms with Crippen LogP contribution >= 0.6 is 0 Å². The molecule has 0 spiro atoms. The van der Waals surface area contributed by atoms with E-state index in [1.807, 2.05) is 0 Å². The summed E-state index contributed by atoms with van der Waals surface area (Å²) >= 11 is 0. The third kappa shape index (κ3) is 2.71. The standard InChI is InChI=1S/C15H10F4O/c1-8-2-5-11(15(19)14(8)18)13(20)6-9-3-4-10(16)7-12(9)17/h2-5,7H,6H2,1H3. The normalized spacial score (nSPS) is 10.7. The van der Waals surface area contributed by atoms with Gasteiger partial charge in [0.15, 0.2) is 17.4 Å². The number of hydrogen-bond acceptors (Lipinski definition) is 1. The molecule has 0 N–H and O–H groups in total. The fourth-order valence-corrected chi connectivity index (χ4v) is 1.79. The van der Waals surface area contributed by atoms with Crippen LogP contribution in [0.5, 0.6) is 0 Å². The van der Waals surface area contributed by atoms with Crippen molar-refractivity contribution in [2.24, 2.45) is 0 Å². The van der Waals surface area contributed by atoms with Crippen molar-refractivity contribution in [2.45, 2.75) is 13.3 Å². The number of hydrogen-bond donors (Lipinski definition) is 0. The minimum atomic E-state index is -1.25. The van der Waals surface area contributed by atoms with Gasteiger partial charge in [0.05, 0.1) is 5.56 Å².